The second-order valence-electron chi connectivity index (χ2n) is 7.92. The van der Waals surface area contributed by atoms with Gasteiger partial charge in [0.1, 0.15) is 17.4 Å². The monoisotopic (exact) mass is 437 g/mol. The maximum absolute atomic E-state index is 13.3. The number of aryl methyl sites for hydroxylation is 1. The smallest absolute Gasteiger partial charge is 0.239 e. The molecule has 0 unspecified atom stereocenters. The van der Waals surface area contributed by atoms with Gasteiger partial charge in [0.15, 0.2) is 0 Å². The number of amides is 1. The molecule has 168 valence electrons. The Bertz CT molecular complexity index is 1050. The van der Waals surface area contributed by atoms with Crippen molar-refractivity contribution in [2.45, 2.75) is 13.3 Å². The topological polar surface area (TPSA) is 62.6 Å². The van der Waals surface area contributed by atoms with E-state index in [1.54, 1.807) is 23.9 Å². The van der Waals surface area contributed by atoms with E-state index in [0.29, 0.717) is 18.1 Å². The van der Waals surface area contributed by atoms with Crippen molar-refractivity contribution in [2.75, 3.05) is 50.1 Å². The lowest BCUT2D eigenvalue weighted by Gasteiger charge is -2.23. The molecule has 2 heterocycles. The molecule has 0 radical (unpaired) electrons. The van der Waals surface area contributed by atoms with Crippen LogP contribution >= 0.6 is 0 Å². The van der Waals surface area contributed by atoms with Crippen molar-refractivity contribution < 1.29 is 13.9 Å². The van der Waals surface area contributed by atoms with Crippen LogP contribution in [0.15, 0.2) is 54.6 Å². The fourth-order valence-electron chi connectivity index (χ4n) is 3.93. The predicted molar refractivity (Wildman–Crippen MR) is 123 cm³/mol. The summed E-state index contributed by atoms with van der Waals surface area (Å²) in [7, 11) is 1.66. The van der Waals surface area contributed by atoms with Gasteiger partial charge in [0.2, 0.25) is 5.91 Å². The molecule has 4 rings (SSSR count). The van der Waals surface area contributed by atoms with Crippen molar-refractivity contribution in [3.05, 3.63) is 66.1 Å². The lowest BCUT2D eigenvalue weighted by molar-refractivity contribution is -0.117. The number of benzene rings is 2. The summed E-state index contributed by atoms with van der Waals surface area (Å²) < 4.78 is 20.1. The number of halogens is 1. The van der Waals surface area contributed by atoms with Crippen LogP contribution in [0.2, 0.25) is 0 Å². The minimum atomic E-state index is -0.312. The molecule has 1 aliphatic heterocycles. The number of carbonyl (C=O) groups is 1. The zero-order valence-corrected chi connectivity index (χ0v) is 18.4. The Hall–Kier alpha value is -3.39. The third kappa shape index (κ3) is 5.26. The standard InChI is InChI=1S/C24H28FN5O2/c1-18-16-23(30(27-18)21-6-4-19(25)5-7-21)26-24(31)17-28-12-3-13-29(15-14-28)20-8-10-22(32-2)11-9-20/h4-11,16H,3,12-15,17H2,1-2H3,(H,26,31). The number of anilines is 2. The highest BCUT2D eigenvalue weighted by molar-refractivity contribution is 5.91. The third-order valence-corrected chi connectivity index (χ3v) is 5.56. The maximum atomic E-state index is 13.3. The Labute approximate surface area is 187 Å². The molecule has 0 aliphatic carbocycles. The first kappa shape index (κ1) is 21.8. The second kappa shape index (κ2) is 9.82. The van der Waals surface area contributed by atoms with Crippen LogP contribution in [0.5, 0.6) is 5.75 Å². The summed E-state index contributed by atoms with van der Waals surface area (Å²) in [5.74, 6) is 1.02. The molecule has 0 saturated carbocycles. The van der Waals surface area contributed by atoms with Crippen LogP contribution in [0.1, 0.15) is 12.1 Å². The van der Waals surface area contributed by atoms with Gasteiger partial charge in [0.05, 0.1) is 25.0 Å². The molecule has 1 aliphatic rings. The fraction of sp³-hybridized carbons (Fsp3) is 0.333. The Morgan fingerprint density at radius 2 is 1.75 bits per heavy atom. The van der Waals surface area contributed by atoms with Gasteiger partial charge >= 0.3 is 0 Å². The highest BCUT2D eigenvalue weighted by atomic mass is 19.1. The molecule has 1 fully saturated rings. The number of carbonyl (C=O) groups excluding carboxylic acids is 1. The summed E-state index contributed by atoms with van der Waals surface area (Å²) in [6.07, 6.45) is 0.978. The highest BCUT2D eigenvalue weighted by Gasteiger charge is 2.19. The van der Waals surface area contributed by atoms with Gasteiger partial charge in [-0.1, -0.05) is 0 Å². The van der Waals surface area contributed by atoms with E-state index in [4.69, 9.17) is 4.74 Å². The lowest BCUT2D eigenvalue weighted by Crippen LogP contribution is -2.36. The van der Waals surface area contributed by atoms with Crippen LogP contribution in [0.25, 0.3) is 5.69 Å². The average molecular weight is 438 g/mol. The van der Waals surface area contributed by atoms with E-state index in [2.05, 4.69) is 32.3 Å². The van der Waals surface area contributed by atoms with Gasteiger partial charge in [-0.25, -0.2) is 9.07 Å². The number of rotatable bonds is 6. The number of aromatic nitrogens is 2. The largest absolute Gasteiger partial charge is 0.497 e. The molecule has 1 N–H and O–H groups in total. The zero-order valence-electron chi connectivity index (χ0n) is 18.4. The number of nitrogens with zero attached hydrogens (tertiary/aromatic N) is 4. The first-order chi connectivity index (χ1) is 15.5. The van der Waals surface area contributed by atoms with Gasteiger partial charge in [0, 0.05) is 37.9 Å². The summed E-state index contributed by atoms with van der Waals surface area (Å²) in [4.78, 5) is 17.3. The summed E-state index contributed by atoms with van der Waals surface area (Å²) in [5.41, 5.74) is 2.63. The molecule has 8 heteroatoms. The van der Waals surface area contributed by atoms with E-state index in [9.17, 15) is 9.18 Å². The number of nitrogens with one attached hydrogen (secondary N) is 1. The lowest BCUT2D eigenvalue weighted by atomic mass is 10.2. The molecule has 0 spiro atoms. The van der Waals surface area contributed by atoms with E-state index in [-0.39, 0.29) is 11.7 Å². The molecule has 0 atom stereocenters. The van der Waals surface area contributed by atoms with Gasteiger partial charge in [-0.3, -0.25) is 9.69 Å². The average Bonchev–Trinajstić information content (AvgIpc) is 3.00. The summed E-state index contributed by atoms with van der Waals surface area (Å²) in [5, 5.41) is 7.40. The van der Waals surface area contributed by atoms with Gasteiger partial charge in [0.25, 0.3) is 0 Å². The van der Waals surface area contributed by atoms with Crippen molar-refractivity contribution in [1.29, 1.82) is 0 Å². The van der Waals surface area contributed by atoms with Crippen molar-refractivity contribution in [3.63, 3.8) is 0 Å². The molecule has 0 bridgehead atoms. The molecule has 3 aromatic rings. The van der Waals surface area contributed by atoms with Gasteiger partial charge in [-0.2, -0.15) is 5.10 Å². The van der Waals surface area contributed by atoms with E-state index in [0.717, 1.165) is 49.7 Å². The second-order valence-corrected chi connectivity index (χ2v) is 7.92. The van der Waals surface area contributed by atoms with E-state index >= 15 is 0 Å². The molecule has 1 saturated heterocycles. The first-order valence-corrected chi connectivity index (χ1v) is 10.8. The Morgan fingerprint density at radius 3 is 2.47 bits per heavy atom. The summed E-state index contributed by atoms with van der Waals surface area (Å²) in [6, 6.07) is 15.9. The SMILES string of the molecule is COc1ccc(N2CCCN(CC(=O)Nc3cc(C)nn3-c3ccc(F)cc3)CC2)cc1. The van der Waals surface area contributed by atoms with Gasteiger partial charge in [-0.15, -0.1) is 0 Å². The number of hydrogen-bond donors (Lipinski definition) is 1. The Balaban J connectivity index is 1.36. The molecular weight excluding hydrogens is 409 g/mol. The number of methoxy groups -OCH3 is 1. The van der Waals surface area contributed by atoms with Crippen LogP contribution in [0.4, 0.5) is 15.9 Å². The van der Waals surface area contributed by atoms with Crippen molar-refractivity contribution in [2.24, 2.45) is 0 Å². The van der Waals surface area contributed by atoms with Crippen molar-refractivity contribution in [1.82, 2.24) is 14.7 Å². The third-order valence-electron chi connectivity index (χ3n) is 5.56. The van der Waals surface area contributed by atoms with Crippen molar-refractivity contribution in [3.8, 4) is 11.4 Å². The van der Waals surface area contributed by atoms with Crippen LogP contribution in [0.3, 0.4) is 0 Å². The zero-order chi connectivity index (χ0) is 22.5. The van der Waals surface area contributed by atoms with Crippen LogP contribution in [-0.2, 0) is 4.79 Å². The molecule has 1 amide bonds. The highest BCUT2D eigenvalue weighted by Crippen LogP contribution is 2.21. The van der Waals surface area contributed by atoms with E-state index in [1.807, 2.05) is 25.1 Å². The predicted octanol–water partition coefficient (Wildman–Crippen LogP) is 3.48. The van der Waals surface area contributed by atoms with Gasteiger partial charge < -0.3 is 15.0 Å². The Kier molecular flexibility index (Phi) is 6.70. The quantitative estimate of drug-likeness (QED) is 0.640. The first-order valence-electron chi connectivity index (χ1n) is 10.8. The molecular formula is C24H28FN5O2. The summed E-state index contributed by atoms with van der Waals surface area (Å²) in [6.45, 7) is 5.63. The van der Waals surface area contributed by atoms with E-state index < -0.39 is 0 Å². The molecule has 2 aromatic carbocycles. The fourth-order valence-corrected chi connectivity index (χ4v) is 3.93. The minimum absolute atomic E-state index is 0.0915. The summed E-state index contributed by atoms with van der Waals surface area (Å²) >= 11 is 0. The minimum Gasteiger partial charge on any atom is -0.497 e. The normalized spacial score (nSPS) is 14.8. The Morgan fingerprint density at radius 1 is 1.03 bits per heavy atom. The van der Waals surface area contributed by atoms with Crippen LogP contribution in [0, 0.1) is 12.7 Å². The van der Waals surface area contributed by atoms with Crippen molar-refractivity contribution >= 4 is 17.4 Å². The molecule has 1 aromatic heterocycles. The molecule has 32 heavy (non-hydrogen) atoms. The van der Waals surface area contributed by atoms with Crippen LogP contribution < -0.4 is 15.0 Å². The van der Waals surface area contributed by atoms with Crippen LogP contribution in [-0.4, -0.2) is 60.4 Å². The number of ether oxygens (including phenoxy) is 1. The molecule has 7 nitrogen and oxygen atoms in total. The number of hydrogen-bond acceptors (Lipinski definition) is 5. The van der Waals surface area contributed by atoms with E-state index in [1.165, 1.54) is 12.1 Å². The maximum Gasteiger partial charge on any atom is 0.239 e. The van der Waals surface area contributed by atoms with Gasteiger partial charge in [-0.05, 0) is 61.9 Å².